The molecule has 0 aliphatic rings. The summed E-state index contributed by atoms with van der Waals surface area (Å²) in [6, 6.07) is 3.43. The van der Waals surface area contributed by atoms with Crippen molar-refractivity contribution in [2.75, 3.05) is 0 Å². The van der Waals surface area contributed by atoms with Crippen molar-refractivity contribution in [1.82, 2.24) is 9.55 Å². The second-order valence-corrected chi connectivity index (χ2v) is 3.83. The third kappa shape index (κ3) is 2.22. The molecule has 1 aromatic carbocycles. The SMILES string of the molecule is Cn1c(CC(=O)O)cnc1-c1ccc(F)c(F)c1. The molecule has 0 aliphatic heterocycles. The third-order valence-corrected chi connectivity index (χ3v) is 2.59. The number of benzene rings is 1. The highest BCUT2D eigenvalue weighted by molar-refractivity contribution is 5.70. The highest BCUT2D eigenvalue weighted by atomic mass is 19.2. The Labute approximate surface area is 102 Å². The molecule has 0 saturated heterocycles. The molecule has 0 bridgehead atoms. The molecule has 0 spiro atoms. The van der Waals surface area contributed by atoms with Crippen LogP contribution in [0.3, 0.4) is 0 Å². The summed E-state index contributed by atoms with van der Waals surface area (Å²) in [4.78, 5) is 14.6. The standard InChI is InChI=1S/C12H10F2N2O2/c1-16-8(5-11(17)18)6-15-12(16)7-2-3-9(13)10(14)4-7/h2-4,6H,5H2,1H3,(H,17,18). The van der Waals surface area contributed by atoms with Gasteiger partial charge in [-0.05, 0) is 18.2 Å². The number of nitrogens with zero attached hydrogens (tertiary/aromatic N) is 2. The van der Waals surface area contributed by atoms with Gasteiger partial charge in [0.1, 0.15) is 5.82 Å². The minimum atomic E-state index is -0.977. The fraction of sp³-hybridized carbons (Fsp3) is 0.167. The Hall–Kier alpha value is -2.24. The van der Waals surface area contributed by atoms with Crippen LogP contribution in [0, 0.1) is 11.6 Å². The molecule has 0 radical (unpaired) electrons. The van der Waals surface area contributed by atoms with Gasteiger partial charge in [0, 0.05) is 24.5 Å². The molecule has 2 aromatic rings. The van der Waals surface area contributed by atoms with Crippen molar-refractivity contribution in [2.45, 2.75) is 6.42 Å². The predicted octanol–water partition coefficient (Wildman–Crippen LogP) is 1.99. The van der Waals surface area contributed by atoms with E-state index in [-0.39, 0.29) is 6.42 Å². The zero-order valence-electron chi connectivity index (χ0n) is 9.52. The number of carbonyl (C=O) groups is 1. The number of imidazole rings is 1. The van der Waals surface area contributed by atoms with Crippen LogP contribution < -0.4 is 0 Å². The molecule has 18 heavy (non-hydrogen) atoms. The van der Waals surface area contributed by atoms with Crippen molar-refractivity contribution in [3.63, 3.8) is 0 Å². The molecule has 0 unspecified atom stereocenters. The summed E-state index contributed by atoms with van der Waals surface area (Å²) in [5, 5.41) is 8.70. The summed E-state index contributed by atoms with van der Waals surface area (Å²) in [6.07, 6.45) is 1.23. The lowest BCUT2D eigenvalue weighted by Gasteiger charge is -2.05. The molecule has 4 nitrogen and oxygen atoms in total. The van der Waals surface area contributed by atoms with Gasteiger partial charge in [-0.1, -0.05) is 0 Å². The largest absolute Gasteiger partial charge is 0.481 e. The Balaban J connectivity index is 2.42. The molecular weight excluding hydrogens is 242 g/mol. The van der Waals surface area contributed by atoms with E-state index in [4.69, 9.17) is 5.11 Å². The third-order valence-electron chi connectivity index (χ3n) is 2.59. The molecule has 6 heteroatoms. The molecule has 1 N–H and O–H groups in total. The average molecular weight is 252 g/mol. The van der Waals surface area contributed by atoms with Gasteiger partial charge in [0.2, 0.25) is 0 Å². The van der Waals surface area contributed by atoms with Crippen LogP contribution in [-0.4, -0.2) is 20.6 Å². The number of aliphatic carboxylic acids is 1. The van der Waals surface area contributed by atoms with Gasteiger partial charge in [0.25, 0.3) is 0 Å². The molecule has 0 saturated carbocycles. The first kappa shape index (κ1) is 12.2. The van der Waals surface area contributed by atoms with Gasteiger partial charge in [-0.3, -0.25) is 4.79 Å². The lowest BCUT2D eigenvalue weighted by Crippen LogP contribution is -2.06. The predicted molar refractivity (Wildman–Crippen MR) is 59.9 cm³/mol. The van der Waals surface area contributed by atoms with E-state index in [1.165, 1.54) is 12.3 Å². The van der Waals surface area contributed by atoms with Gasteiger partial charge in [-0.25, -0.2) is 13.8 Å². The van der Waals surface area contributed by atoms with Gasteiger partial charge < -0.3 is 9.67 Å². The normalized spacial score (nSPS) is 10.6. The van der Waals surface area contributed by atoms with Crippen LogP contribution in [0.15, 0.2) is 24.4 Å². The summed E-state index contributed by atoms with van der Waals surface area (Å²) in [5.41, 5.74) is 0.885. The molecule has 0 aliphatic carbocycles. The van der Waals surface area contributed by atoms with Crippen molar-refractivity contribution >= 4 is 5.97 Å². The number of hydrogen-bond acceptors (Lipinski definition) is 2. The fourth-order valence-electron chi connectivity index (χ4n) is 1.67. The maximum atomic E-state index is 13.1. The van der Waals surface area contributed by atoms with E-state index in [1.54, 1.807) is 11.6 Å². The Bertz CT molecular complexity index is 608. The van der Waals surface area contributed by atoms with Crippen LogP contribution in [0.5, 0.6) is 0 Å². The zero-order chi connectivity index (χ0) is 13.3. The van der Waals surface area contributed by atoms with E-state index in [0.717, 1.165) is 12.1 Å². The summed E-state index contributed by atoms with van der Waals surface area (Å²) >= 11 is 0. The summed E-state index contributed by atoms with van der Waals surface area (Å²) < 4.78 is 27.5. The number of halogens is 2. The Morgan fingerprint density at radius 3 is 2.72 bits per heavy atom. The molecule has 1 aromatic heterocycles. The number of carboxylic acid groups (broad SMARTS) is 1. The highest BCUT2D eigenvalue weighted by Crippen LogP contribution is 2.21. The van der Waals surface area contributed by atoms with Crippen LogP contribution in [0.1, 0.15) is 5.69 Å². The van der Waals surface area contributed by atoms with E-state index < -0.39 is 17.6 Å². The van der Waals surface area contributed by atoms with E-state index >= 15 is 0 Å². The Kier molecular flexibility index (Phi) is 3.10. The van der Waals surface area contributed by atoms with Crippen LogP contribution >= 0.6 is 0 Å². The van der Waals surface area contributed by atoms with E-state index in [2.05, 4.69) is 4.98 Å². The average Bonchev–Trinajstić information content (AvgIpc) is 2.64. The van der Waals surface area contributed by atoms with Crippen LogP contribution in [0.4, 0.5) is 8.78 Å². The number of hydrogen-bond donors (Lipinski definition) is 1. The maximum absolute atomic E-state index is 13.1. The smallest absolute Gasteiger partial charge is 0.309 e. The number of aromatic nitrogens is 2. The van der Waals surface area contributed by atoms with Crippen LogP contribution in [0.2, 0.25) is 0 Å². The molecule has 1 heterocycles. The fourth-order valence-corrected chi connectivity index (χ4v) is 1.67. The first-order valence-corrected chi connectivity index (χ1v) is 5.17. The van der Waals surface area contributed by atoms with E-state index in [9.17, 15) is 13.6 Å². The second kappa shape index (κ2) is 4.56. The van der Waals surface area contributed by atoms with Gasteiger partial charge in [0.15, 0.2) is 11.6 Å². The van der Waals surface area contributed by atoms with E-state index in [0.29, 0.717) is 17.1 Å². The van der Waals surface area contributed by atoms with Crippen LogP contribution in [0.25, 0.3) is 11.4 Å². The first-order valence-electron chi connectivity index (χ1n) is 5.17. The Morgan fingerprint density at radius 2 is 2.11 bits per heavy atom. The maximum Gasteiger partial charge on any atom is 0.309 e. The first-order chi connectivity index (χ1) is 8.49. The van der Waals surface area contributed by atoms with Crippen LogP contribution in [-0.2, 0) is 18.3 Å². The van der Waals surface area contributed by atoms with Crippen molar-refractivity contribution in [2.24, 2.45) is 7.05 Å². The van der Waals surface area contributed by atoms with Gasteiger partial charge >= 0.3 is 5.97 Å². The monoisotopic (exact) mass is 252 g/mol. The molecule has 0 fully saturated rings. The minimum Gasteiger partial charge on any atom is -0.481 e. The molecule has 2 rings (SSSR count). The lowest BCUT2D eigenvalue weighted by molar-refractivity contribution is -0.136. The summed E-state index contributed by atoms with van der Waals surface area (Å²) in [6.45, 7) is 0. The highest BCUT2D eigenvalue weighted by Gasteiger charge is 2.13. The topological polar surface area (TPSA) is 55.1 Å². The zero-order valence-corrected chi connectivity index (χ0v) is 9.52. The molecule has 0 atom stereocenters. The quantitative estimate of drug-likeness (QED) is 0.908. The van der Waals surface area contributed by atoms with Crippen molar-refractivity contribution in [3.05, 3.63) is 41.7 Å². The van der Waals surface area contributed by atoms with Crippen molar-refractivity contribution in [1.29, 1.82) is 0 Å². The van der Waals surface area contributed by atoms with Gasteiger partial charge in [-0.2, -0.15) is 0 Å². The lowest BCUT2D eigenvalue weighted by atomic mass is 10.2. The van der Waals surface area contributed by atoms with Crippen molar-refractivity contribution in [3.8, 4) is 11.4 Å². The second-order valence-electron chi connectivity index (χ2n) is 3.83. The number of rotatable bonds is 3. The van der Waals surface area contributed by atoms with Gasteiger partial charge in [-0.15, -0.1) is 0 Å². The summed E-state index contributed by atoms with van der Waals surface area (Å²) in [7, 11) is 1.63. The Morgan fingerprint density at radius 1 is 1.39 bits per heavy atom. The minimum absolute atomic E-state index is 0.173. The molecule has 0 amide bonds. The van der Waals surface area contributed by atoms with Crippen molar-refractivity contribution < 1.29 is 18.7 Å². The molecular formula is C12H10F2N2O2. The summed E-state index contributed by atoms with van der Waals surface area (Å²) in [5.74, 6) is -2.48. The number of carboxylic acids is 1. The van der Waals surface area contributed by atoms with Gasteiger partial charge in [0.05, 0.1) is 6.42 Å². The van der Waals surface area contributed by atoms with E-state index in [1.807, 2.05) is 0 Å². The molecule has 94 valence electrons.